The zero-order chi connectivity index (χ0) is 23.0. The lowest BCUT2D eigenvalue weighted by atomic mass is 9.95. The molecule has 0 spiro atoms. The van der Waals surface area contributed by atoms with Crippen LogP contribution in [0.15, 0.2) is 65.6 Å². The monoisotopic (exact) mass is 448 g/mol. The summed E-state index contributed by atoms with van der Waals surface area (Å²) in [5.41, 5.74) is 6.68. The van der Waals surface area contributed by atoms with Crippen LogP contribution in [-0.2, 0) is 27.8 Å². The summed E-state index contributed by atoms with van der Waals surface area (Å²) in [4.78, 5) is 13.7. The van der Waals surface area contributed by atoms with E-state index in [9.17, 15) is 13.2 Å². The summed E-state index contributed by atoms with van der Waals surface area (Å²) < 4.78 is 28.5. The number of benzene rings is 3. The van der Waals surface area contributed by atoms with Gasteiger partial charge in [-0.25, -0.2) is 8.42 Å². The number of carbonyl (C=O) groups excluding carboxylic acids is 1. The topological polar surface area (TPSA) is 66.5 Å². The molecule has 1 aliphatic heterocycles. The molecular weight excluding hydrogens is 420 g/mol. The Bertz CT molecular complexity index is 1260. The van der Waals surface area contributed by atoms with Crippen LogP contribution >= 0.6 is 0 Å². The largest absolute Gasteiger partial charge is 0.324 e. The summed E-state index contributed by atoms with van der Waals surface area (Å²) in [5.74, 6) is -0.315. The molecule has 0 fully saturated rings. The molecule has 0 bridgehead atoms. The van der Waals surface area contributed by atoms with E-state index in [-0.39, 0.29) is 17.3 Å². The first-order valence-electron chi connectivity index (χ1n) is 10.7. The van der Waals surface area contributed by atoms with E-state index in [1.54, 1.807) is 24.3 Å². The number of nitrogens with zero attached hydrogens (tertiary/aromatic N) is 1. The van der Waals surface area contributed by atoms with E-state index in [2.05, 4.69) is 5.32 Å². The van der Waals surface area contributed by atoms with Gasteiger partial charge in [0.05, 0.1) is 4.90 Å². The maximum atomic E-state index is 13.6. The molecular formula is C26H28N2O3S. The van der Waals surface area contributed by atoms with Gasteiger partial charge in [0.25, 0.3) is 0 Å². The van der Waals surface area contributed by atoms with Gasteiger partial charge in [0.2, 0.25) is 15.9 Å². The molecule has 0 saturated carbocycles. The molecule has 1 aliphatic rings. The van der Waals surface area contributed by atoms with Crippen LogP contribution in [0.1, 0.15) is 33.4 Å². The molecule has 32 heavy (non-hydrogen) atoms. The minimum absolute atomic E-state index is 0.163. The quantitative estimate of drug-likeness (QED) is 0.631. The van der Waals surface area contributed by atoms with Crippen molar-refractivity contribution < 1.29 is 13.2 Å². The number of sulfonamides is 1. The van der Waals surface area contributed by atoms with Gasteiger partial charge in [0.1, 0.15) is 6.04 Å². The fourth-order valence-corrected chi connectivity index (χ4v) is 5.97. The van der Waals surface area contributed by atoms with Gasteiger partial charge in [0, 0.05) is 12.2 Å². The molecule has 1 amide bonds. The number of amides is 1. The first-order chi connectivity index (χ1) is 15.2. The van der Waals surface area contributed by atoms with Crippen LogP contribution in [0, 0.1) is 27.7 Å². The highest BCUT2D eigenvalue weighted by Gasteiger charge is 2.39. The van der Waals surface area contributed by atoms with E-state index in [1.807, 2.05) is 64.1 Å². The standard InChI is InChI=1S/C26H28N2O3S/c1-17-9-11-23(12-10-17)32(30,31)28-16-22-8-6-5-7-21(22)15-24(28)26(29)27-25-19(3)13-18(2)14-20(25)4/h5-14,24H,15-16H2,1-4H3,(H,27,29)/t24-/m0/s1. The second-order valence-corrected chi connectivity index (χ2v) is 10.5. The molecule has 3 aromatic carbocycles. The minimum Gasteiger partial charge on any atom is -0.324 e. The Hall–Kier alpha value is -2.96. The molecule has 4 rings (SSSR count). The van der Waals surface area contributed by atoms with E-state index >= 15 is 0 Å². The van der Waals surface area contributed by atoms with Gasteiger partial charge in [-0.15, -0.1) is 0 Å². The average Bonchev–Trinajstić information content (AvgIpc) is 2.75. The summed E-state index contributed by atoms with van der Waals surface area (Å²) in [6.45, 7) is 7.99. The van der Waals surface area contributed by atoms with E-state index < -0.39 is 16.1 Å². The molecule has 0 unspecified atom stereocenters. The van der Waals surface area contributed by atoms with Crippen molar-refractivity contribution in [1.29, 1.82) is 0 Å². The zero-order valence-corrected chi connectivity index (χ0v) is 19.7. The van der Waals surface area contributed by atoms with Gasteiger partial charge >= 0.3 is 0 Å². The lowest BCUT2D eigenvalue weighted by Crippen LogP contribution is -2.50. The van der Waals surface area contributed by atoms with Gasteiger partial charge in [0.15, 0.2) is 0 Å². The summed E-state index contributed by atoms with van der Waals surface area (Å²) in [5, 5.41) is 3.02. The Balaban J connectivity index is 1.74. The number of nitrogens with one attached hydrogen (secondary N) is 1. The number of fused-ring (bicyclic) bond motifs is 1. The van der Waals surface area contributed by atoms with E-state index in [0.717, 1.165) is 39.1 Å². The molecule has 0 radical (unpaired) electrons. The average molecular weight is 449 g/mol. The SMILES string of the molecule is Cc1ccc(S(=O)(=O)N2Cc3ccccc3C[C@H]2C(=O)Nc2c(C)cc(C)cc2C)cc1. The van der Waals surface area contributed by atoms with Crippen LogP contribution in [-0.4, -0.2) is 24.7 Å². The molecule has 3 aromatic rings. The molecule has 1 N–H and O–H groups in total. The smallest absolute Gasteiger partial charge is 0.244 e. The third-order valence-electron chi connectivity index (χ3n) is 6.06. The van der Waals surface area contributed by atoms with Crippen molar-refractivity contribution in [2.24, 2.45) is 0 Å². The van der Waals surface area contributed by atoms with Crippen LogP contribution in [0.4, 0.5) is 5.69 Å². The first kappa shape index (κ1) is 22.2. The first-order valence-corrected chi connectivity index (χ1v) is 12.1. The van der Waals surface area contributed by atoms with Crippen molar-refractivity contribution in [1.82, 2.24) is 4.31 Å². The van der Waals surface area contributed by atoms with Crippen molar-refractivity contribution >= 4 is 21.6 Å². The minimum atomic E-state index is -3.86. The fourth-order valence-electron chi connectivity index (χ4n) is 4.40. The van der Waals surface area contributed by atoms with Crippen molar-refractivity contribution in [2.45, 2.75) is 51.6 Å². The lowest BCUT2D eigenvalue weighted by molar-refractivity contribution is -0.120. The summed E-state index contributed by atoms with van der Waals surface area (Å²) in [6.07, 6.45) is 0.330. The molecule has 6 heteroatoms. The number of hydrogen-bond acceptors (Lipinski definition) is 3. The summed E-state index contributed by atoms with van der Waals surface area (Å²) in [7, 11) is -3.86. The second kappa shape index (κ2) is 8.52. The van der Waals surface area contributed by atoms with Crippen LogP contribution in [0.3, 0.4) is 0 Å². The Morgan fingerprint density at radius 2 is 1.47 bits per heavy atom. The Kier molecular flexibility index (Phi) is 5.93. The van der Waals surface area contributed by atoms with Crippen LogP contribution in [0.5, 0.6) is 0 Å². The third kappa shape index (κ3) is 4.20. The van der Waals surface area contributed by atoms with E-state index in [1.165, 1.54) is 4.31 Å². The van der Waals surface area contributed by atoms with Gasteiger partial charge in [-0.05, 0) is 68.5 Å². The Labute approximate surface area is 190 Å². The summed E-state index contributed by atoms with van der Waals surface area (Å²) in [6, 6.07) is 17.7. The predicted molar refractivity (Wildman–Crippen MR) is 127 cm³/mol. The number of rotatable bonds is 4. The molecule has 0 aromatic heterocycles. The highest BCUT2D eigenvalue weighted by Crippen LogP contribution is 2.31. The fraction of sp³-hybridized carbons (Fsp3) is 0.269. The molecule has 0 aliphatic carbocycles. The molecule has 5 nitrogen and oxygen atoms in total. The lowest BCUT2D eigenvalue weighted by Gasteiger charge is -2.35. The maximum absolute atomic E-state index is 13.6. The van der Waals surface area contributed by atoms with E-state index in [4.69, 9.17) is 0 Å². The number of aryl methyl sites for hydroxylation is 4. The van der Waals surface area contributed by atoms with Crippen LogP contribution < -0.4 is 5.32 Å². The Morgan fingerprint density at radius 1 is 0.875 bits per heavy atom. The highest BCUT2D eigenvalue weighted by molar-refractivity contribution is 7.89. The van der Waals surface area contributed by atoms with Crippen molar-refractivity contribution in [2.75, 3.05) is 5.32 Å². The number of hydrogen-bond donors (Lipinski definition) is 1. The molecule has 166 valence electrons. The normalized spacial score (nSPS) is 16.4. The summed E-state index contributed by atoms with van der Waals surface area (Å²) >= 11 is 0. The van der Waals surface area contributed by atoms with Crippen LogP contribution in [0.2, 0.25) is 0 Å². The Morgan fingerprint density at radius 3 is 2.09 bits per heavy atom. The molecule has 1 heterocycles. The van der Waals surface area contributed by atoms with Crippen molar-refractivity contribution in [3.8, 4) is 0 Å². The maximum Gasteiger partial charge on any atom is 0.244 e. The predicted octanol–water partition coefficient (Wildman–Crippen LogP) is 4.67. The van der Waals surface area contributed by atoms with Gasteiger partial charge in [-0.2, -0.15) is 4.31 Å². The molecule has 0 saturated heterocycles. The van der Waals surface area contributed by atoms with Gasteiger partial charge in [-0.3, -0.25) is 4.79 Å². The van der Waals surface area contributed by atoms with Gasteiger partial charge in [-0.1, -0.05) is 59.7 Å². The third-order valence-corrected chi connectivity index (χ3v) is 7.93. The highest BCUT2D eigenvalue weighted by atomic mass is 32.2. The molecule has 1 atom stereocenters. The number of anilines is 1. The van der Waals surface area contributed by atoms with Crippen molar-refractivity contribution in [3.63, 3.8) is 0 Å². The van der Waals surface area contributed by atoms with Gasteiger partial charge < -0.3 is 5.32 Å². The van der Waals surface area contributed by atoms with Crippen LogP contribution in [0.25, 0.3) is 0 Å². The van der Waals surface area contributed by atoms with Crippen molar-refractivity contribution in [3.05, 3.63) is 94.0 Å². The van der Waals surface area contributed by atoms with E-state index in [0.29, 0.717) is 6.42 Å². The zero-order valence-electron chi connectivity index (χ0n) is 18.8. The number of carbonyl (C=O) groups is 1. The second-order valence-electron chi connectivity index (χ2n) is 8.61.